The molecule has 0 amide bonds. The van der Waals surface area contributed by atoms with E-state index in [1.54, 1.807) is 11.8 Å². The highest BCUT2D eigenvalue weighted by Gasteiger charge is 2.07. The first kappa shape index (κ1) is 13.8. The molecule has 0 aliphatic carbocycles. The van der Waals surface area contributed by atoms with E-state index in [4.69, 9.17) is 5.84 Å². The Labute approximate surface area is 117 Å². The van der Waals surface area contributed by atoms with Gasteiger partial charge in [0.15, 0.2) is 5.82 Å². The maximum Gasteiger partial charge on any atom is 0.162 e. The summed E-state index contributed by atoms with van der Waals surface area (Å²) in [5, 5.41) is 0.940. The van der Waals surface area contributed by atoms with Crippen molar-refractivity contribution in [2.75, 3.05) is 11.2 Å². The standard InChI is InChI=1S/C14H18N4S/c1-10(2)9-19-13-8-12(18-15)16-14(17-13)11-6-4-3-5-7-11/h3-8,10H,9,15H2,1-2H3,(H,16,17,18). The topological polar surface area (TPSA) is 63.8 Å². The minimum absolute atomic E-state index is 0.620. The van der Waals surface area contributed by atoms with Crippen molar-refractivity contribution in [2.24, 2.45) is 11.8 Å². The van der Waals surface area contributed by atoms with Gasteiger partial charge >= 0.3 is 0 Å². The van der Waals surface area contributed by atoms with Crippen molar-refractivity contribution in [2.45, 2.75) is 18.9 Å². The van der Waals surface area contributed by atoms with Gasteiger partial charge in [-0.15, -0.1) is 11.8 Å². The van der Waals surface area contributed by atoms with Crippen molar-refractivity contribution in [3.05, 3.63) is 36.4 Å². The lowest BCUT2D eigenvalue weighted by atomic mass is 10.2. The van der Waals surface area contributed by atoms with Crippen molar-refractivity contribution < 1.29 is 0 Å². The molecule has 0 atom stereocenters. The van der Waals surface area contributed by atoms with Crippen molar-refractivity contribution in [1.29, 1.82) is 0 Å². The maximum atomic E-state index is 5.47. The van der Waals surface area contributed by atoms with E-state index in [0.29, 0.717) is 17.6 Å². The second-order valence-electron chi connectivity index (χ2n) is 4.63. The van der Waals surface area contributed by atoms with Gasteiger partial charge in [0.1, 0.15) is 10.8 Å². The van der Waals surface area contributed by atoms with E-state index in [1.807, 2.05) is 36.4 Å². The zero-order valence-corrected chi connectivity index (χ0v) is 11.9. The summed E-state index contributed by atoms with van der Waals surface area (Å²) in [6, 6.07) is 11.8. The van der Waals surface area contributed by atoms with Crippen LogP contribution in [0.2, 0.25) is 0 Å². The largest absolute Gasteiger partial charge is 0.308 e. The predicted molar refractivity (Wildman–Crippen MR) is 80.8 cm³/mol. The number of nitrogens with one attached hydrogen (secondary N) is 1. The van der Waals surface area contributed by atoms with Crippen LogP contribution in [0.5, 0.6) is 0 Å². The van der Waals surface area contributed by atoms with Crippen molar-refractivity contribution in [1.82, 2.24) is 9.97 Å². The summed E-state index contributed by atoms with van der Waals surface area (Å²) < 4.78 is 0. The monoisotopic (exact) mass is 274 g/mol. The summed E-state index contributed by atoms with van der Waals surface area (Å²) in [4.78, 5) is 8.97. The lowest BCUT2D eigenvalue weighted by Gasteiger charge is -2.08. The summed E-state index contributed by atoms with van der Waals surface area (Å²) in [5.74, 6) is 8.45. The molecule has 3 N–H and O–H groups in total. The molecule has 1 heterocycles. The van der Waals surface area contributed by atoms with Gasteiger partial charge in [-0.2, -0.15) is 0 Å². The molecule has 1 aromatic carbocycles. The molecule has 5 heteroatoms. The van der Waals surface area contributed by atoms with Gasteiger partial charge in [0, 0.05) is 17.4 Å². The average Bonchev–Trinajstić information content (AvgIpc) is 2.45. The lowest BCUT2D eigenvalue weighted by Crippen LogP contribution is -2.10. The molecule has 1 aromatic heterocycles. The molecule has 0 saturated heterocycles. The highest BCUT2D eigenvalue weighted by Crippen LogP contribution is 2.24. The average molecular weight is 274 g/mol. The van der Waals surface area contributed by atoms with E-state index in [-0.39, 0.29) is 0 Å². The third-order valence-electron chi connectivity index (χ3n) is 2.45. The molecule has 100 valence electrons. The quantitative estimate of drug-likeness (QED) is 0.379. The van der Waals surface area contributed by atoms with Gasteiger partial charge in [0.2, 0.25) is 0 Å². The maximum absolute atomic E-state index is 5.47. The molecule has 0 bridgehead atoms. The number of hydrogen-bond donors (Lipinski definition) is 2. The lowest BCUT2D eigenvalue weighted by molar-refractivity contribution is 0.749. The van der Waals surface area contributed by atoms with Crippen LogP contribution in [-0.4, -0.2) is 15.7 Å². The molecule has 0 aliphatic heterocycles. The third kappa shape index (κ3) is 3.94. The Kier molecular flexibility index (Phi) is 4.76. The predicted octanol–water partition coefficient (Wildman–Crippen LogP) is 3.18. The number of thioether (sulfide) groups is 1. The molecule has 0 aliphatic rings. The number of hydrazine groups is 1. The highest BCUT2D eigenvalue weighted by molar-refractivity contribution is 7.99. The van der Waals surface area contributed by atoms with Crippen LogP contribution in [0, 0.1) is 5.92 Å². The summed E-state index contributed by atoms with van der Waals surface area (Å²) in [5.41, 5.74) is 3.59. The number of rotatable bonds is 5. The number of benzene rings is 1. The second-order valence-corrected chi connectivity index (χ2v) is 5.67. The summed E-state index contributed by atoms with van der Waals surface area (Å²) >= 11 is 1.72. The molecule has 19 heavy (non-hydrogen) atoms. The van der Waals surface area contributed by atoms with E-state index in [1.165, 1.54) is 0 Å². The molecule has 0 radical (unpaired) electrons. The number of nitrogens with two attached hydrogens (primary N) is 1. The van der Waals surface area contributed by atoms with Gasteiger partial charge in [-0.1, -0.05) is 44.2 Å². The van der Waals surface area contributed by atoms with Gasteiger partial charge in [0.25, 0.3) is 0 Å². The third-order valence-corrected chi connectivity index (χ3v) is 3.79. The minimum Gasteiger partial charge on any atom is -0.308 e. The SMILES string of the molecule is CC(C)CSc1cc(NN)nc(-c2ccccc2)n1. The van der Waals surface area contributed by atoms with Crippen LogP contribution in [0.25, 0.3) is 11.4 Å². The van der Waals surface area contributed by atoms with Crippen LogP contribution >= 0.6 is 11.8 Å². The van der Waals surface area contributed by atoms with Gasteiger partial charge < -0.3 is 5.43 Å². The van der Waals surface area contributed by atoms with E-state index < -0.39 is 0 Å². The fourth-order valence-corrected chi connectivity index (χ4v) is 2.39. The molecule has 4 nitrogen and oxygen atoms in total. The van der Waals surface area contributed by atoms with Gasteiger partial charge in [-0.25, -0.2) is 15.8 Å². The minimum atomic E-state index is 0.620. The van der Waals surface area contributed by atoms with Crippen LogP contribution in [0.4, 0.5) is 5.82 Å². The molecule has 2 rings (SSSR count). The van der Waals surface area contributed by atoms with Crippen LogP contribution < -0.4 is 11.3 Å². The first-order valence-corrected chi connectivity index (χ1v) is 7.21. The Morgan fingerprint density at radius 3 is 2.58 bits per heavy atom. The van der Waals surface area contributed by atoms with Gasteiger partial charge in [0.05, 0.1) is 0 Å². The number of hydrogen-bond acceptors (Lipinski definition) is 5. The van der Waals surface area contributed by atoms with Crippen LogP contribution in [0.1, 0.15) is 13.8 Å². The highest BCUT2D eigenvalue weighted by atomic mass is 32.2. The summed E-state index contributed by atoms with van der Waals surface area (Å²) in [6.07, 6.45) is 0. The van der Waals surface area contributed by atoms with Gasteiger partial charge in [-0.3, -0.25) is 0 Å². The molecular weight excluding hydrogens is 256 g/mol. The van der Waals surface area contributed by atoms with E-state index in [9.17, 15) is 0 Å². The number of nitrogens with zero attached hydrogens (tertiary/aromatic N) is 2. The van der Waals surface area contributed by atoms with E-state index >= 15 is 0 Å². The zero-order chi connectivity index (χ0) is 13.7. The normalized spacial score (nSPS) is 10.7. The van der Waals surface area contributed by atoms with Crippen LogP contribution in [-0.2, 0) is 0 Å². The van der Waals surface area contributed by atoms with Gasteiger partial charge in [-0.05, 0) is 5.92 Å². The van der Waals surface area contributed by atoms with Crippen LogP contribution in [0.3, 0.4) is 0 Å². The Morgan fingerprint density at radius 1 is 1.21 bits per heavy atom. The molecule has 2 aromatic rings. The van der Waals surface area contributed by atoms with Crippen LogP contribution in [0.15, 0.2) is 41.4 Å². The summed E-state index contributed by atoms with van der Waals surface area (Å²) in [6.45, 7) is 4.38. The zero-order valence-electron chi connectivity index (χ0n) is 11.1. The summed E-state index contributed by atoms with van der Waals surface area (Å²) in [7, 11) is 0. The smallest absolute Gasteiger partial charge is 0.162 e. The fraction of sp³-hybridized carbons (Fsp3) is 0.286. The molecule has 0 unspecified atom stereocenters. The van der Waals surface area contributed by atoms with E-state index in [0.717, 1.165) is 16.3 Å². The Bertz CT molecular complexity index is 528. The molecule has 0 saturated carbocycles. The van der Waals surface area contributed by atoms with Crippen molar-refractivity contribution in [3.8, 4) is 11.4 Å². The number of nitrogen functional groups attached to an aromatic ring is 1. The first-order chi connectivity index (χ1) is 9.19. The van der Waals surface area contributed by atoms with Crippen molar-refractivity contribution >= 4 is 17.6 Å². The first-order valence-electron chi connectivity index (χ1n) is 6.23. The number of anilines is 1. The Morgan fingerprint density at radius 2 is 1.95 bits per heavy atom. The molecule has 0 spiro atoms. The fourth-order valence-electron chi connectivity index (χ4n) is 1.54. The van der Waals surface area contributed by atoms with E-state index in [2.05, 4.69) is 29.2 Å². The molecular formula is C14H18N4S. The van der Waals surface area contributed by atoms with Crippen molar-refractivity contribution in [3.63, 3.8) is 0 Å². The number of aromatic nitrogens is 2. The second kappa shape index (κ2) is 6.54. The Balaban J connectivity index is 2.31. The Hall–Kier alpha value is -1.59. The molecule has 0 fully saturated rings.